The van der Waals surface area contributed by atoms with Gasteiger partial charge in [-0.05, 0) is 53.8 Å². The minimum Gasteiger partial charge on any atom is -0.383 e. The van der Waals surface area contributed by atoms with Crippen molar-refractivity contribution in [3.8, 4) is 21.6 Å². The molecule has 0 aliphatic heterocycles. The number of hydrogen-bond acceptors (Lipinski definition) is 4. The quantitative estimate of drug-likeness (QED) is 0.445. The van der Waals surface area contributed by atoms with Crippen molar-refractivity contribution in [2.75, 3.05) is 5.73 Å². The lowest BCUT2D eigenvalue weighted by Crippen LogP contribution is -1.95. The van der Waals surface area contributed by atoms with Crippen LogP contribution < -0.4 is 5.73 Å². The molecule has 0 aliphatic rings. The molecule has 0 radical (unpaired) electrons. The lowest BCUT2D eigenvalue weighted by atomic mass is 9.99. The van der Waals surface area contributed by atoms with E-state index in [4.69, 9.17) is 5.73 Å². The second-order valence-corrected chi connectivity index (χ2v) is 7.54. The maximum atomic E-state index is 6.16. The zero-order valence-electron chi connectivity index (χ0n) is 14.2. The minimum atomic E-state index is 0.542. The molecule has 0 aliphatic carbocycles. The van der Waals surface area contributed by atoms with Gasteiger partial charge >= 0.3 is 0 Å². The monoisotopic (exact) mass is 356 g/mol. The van der Waals surface area contributed by atoms with Gasteiger partial charge in [-0.2, -0.15) is 5.10 Å². The van der Waals surface area contributed by atoms with Gasteiger partial charge in [-0.1, -0.05) is 18.2 Å². The van der Waals surface area contributed by atoms with Gasteiger partial charge in [0.05, 0.1) is 11.7 Å². The number of pyridine rings is 1. The van der Waals surface area contributed by atoms with Crippen LogP contribution in [0.15, 0.2) is 60.9 Å². The summed E-state index contributed by atoms with van der Waals surface area (Å²) in [7, 11) is 0. The van der Waals surface area contributed by atoms with Crippen molar-refractivity contribution in [1.82, 2.24) is 15.2 Å². The molecule has 0 unspecified atom stereocenters. The third-order valence-electron chi connectivity index (χ3n) is 4.61. The van der Waals surface area contributed by atoms with Crippen LogP contribution in [0.25, 0.3) is 42.6 Å². The highest BCUT2D eigenvalue weighted by molar-refractivity contribution is 7.22. The number of benzene rings is 2. The molecule has 3 aromatic heterocycles. The van der Waals surface area contributed by atoms with E-state index in [0.717, 1.165) is 33.2 Å². The number of fused-ring (bicyclic) bond motifs is 2. The summed E-state index contributed by atoms with van der Waals surface area (Å²) in [6.45, 7) is 2.03. The summed E-state index contributed by atoms with van der Waals surface area (Å²) in [6.07, 6.45) is 3.65. The van der Waals surface area contributed by atoms with Crippen molar-refractivity contribution in [3.63, 3.8) is 0 Å². The fraction of sp³-hybridized carbons (Fsp3) is 0.0476. The second-order valence-electron chi connectivity index (χ2n) is 6.45. The number of aryl methyl sites for hydroxylation is 1. The van der Waals surface area contributed by atoms with Crippen molar-refractivity contribution in [3.05, 3.63) is 66.5 Å². The average molecular weight is 356 g/mol. The van der Waals surface area contributed by atoms with E-state index in [1.54, 1.807) is 17.5 Å². The summed E-state index contributed by atoms with van der Waals surface area (Å²) in [5.74, 6) is 0.542. The molecule has 0 bridgehead atoms. The maximum Gasteiger partial charge on any atom is 0.131 e. The number of H-pyrrole nitrogens is 1. The number of anilines is 1. The van der Waals surface area contributed by atoms with E-state index in [2.05, 4.69) is 63.7 Å². The minimum absolute atomic E-state index is 0.542. The molecular formula is C21H16N4S. The first-order valence-corrected chi connectivity index (χ1v) is 9.19. The number of nitrogen functional groups attached to an aromatic ring is 1. The van der Waals surface area contributed by atoms with Gasteiger partial charge in [-0.3, -0.25) is 5.10 Å². The van der Waals surface area contributed by atoms with Crippen molar-refractivity contribution in [1.29, 1.82) is 0 Å². The Kier molecular flexibility index (Phi) is 3.30. The zero-order valence-corrected chi connectivity index (χ0v) is 15.0. The Morgan fingerprint density at radius 1 is 0.962 bits per heavy atom. The molecule has 3 N–H and O–H groups in total. The van der Waals surface area contributed by atoms with Crippen molar-refractivity contribution in [2.24, 2.45) is 0 Å². The third-order valence-corrected chi connectivity index (χ3v) is 5.76. The van der Waals surface area contributed by atoms with Gasteiger partial charge in [0.25, 0.3) is 0 Å². The summed E-state index contributed by atoms with van der Waals surface area (Å²) in [5.41, 5.74) is 11.4. The standard InChI is InChI=1S/C21H16N4S/c1-12-6-16(21(22)23-10-12)14-7-15-11-24-25-20(15)17(8-14)19-9-13-4-2-3-5-18(13)26-19/h2-11H,1H3,(H2,22,23)(H,24,25). The van der Waals surface area contributed by atoms with Crippen LogP contribution in [0.3, 0.4) is 0 Å². The van der Waals surface area contributed by atoms with E-state index < -0.39 is 0 Å². The fourth-order valence-electron chi connectivity index (χ4n) is 3.33. The SMILES string of the molecule is Cc1cnc(N)c(-c2cc(-c3cc4ccccc4s3)c3[nH]ncc3c2)c1. The molecule has 26 heavy (non-hydrogen) atoms. The van der Waals surface area contributed by atoms with E-state index >= 15 is 0 Å². The highest BCUT2D eigenvalue weighted by Crippen LogP contribution is 2.39. The van der Waals surface area contributed by atoms with Gasteiger partial charge in [0.2, 0.25) is 0 Å². The van der Waals surface area contributed by atoms with Crippen LogP contribution in [-0.2, 0) is 0 Å². The highest BCUT2D eigenvalue weighted by Gasteiger charge is 2.14. The van der Waals surface area contributed by atoms with E-state index in [-0.39, 0.29) is 0 Å². The zero-order chi connectivity index (χ0) is 17.7. The number of nitrogens with two attached hydrogens (primary N) is 1. The van der Waals surface area contributed by atoms with Crippen LogP contribution in [0.4, 0.5) is 5.82 Å². The van der Waals surface area contributed by atoms with Crippen LogP contribution in [0.2, 0.25) is 0 Å². The molecule has 0 saturated carbocycles. The maximum absolute atomic E-state index is 6.16. The number of aromatic amines is 1. The number of nitrogens with zero attached hydrogens (tertiary/aromatic N) is 2. The molecule has 0 amide bonds. The van der Waals surface area contributed by atoms with Gasteiger partial charge < -0.3 is 5.73 Å². The lowest BCUT2D eigenvalue weighted by molar-refractivity contribution is 1.12. The Hall–Kier alpha value is -3.18. The summed E-state index contributed by atoms with van der Waals surface area (Å²) in [5, 5.41) is 9.71. The Bertz CT molecular complexity index is 1230. The van der Waals surface area contributed by atoms with Gasteiger partial charge in [-0.25, -0.2) is 4.98 Å². The lowest BCUT2D eigenvalue weighted by Gasteiger charge is -2.09. The van der Waals surface area contributed by atoms with Crippen molar-refractivity contribution < 1.29 is 0 Å². The first kappa shape index (κ1) is 15.1. The molecular weight excluding hydrogens is 340 g/mol. The Balaban J connectivity index is 1.79. The molecule has 4 nitrogen and oxygen atoms in total. The van der Waals surface area contributed by atoms with Gasteiger partial charge in [0, 0.05) is 32.3 Å². The Morgan fingerprint density at radius 3 is 2.73 bits per heavy atom. The molecule has 0 fully saturated rings. The fourth-order valence-corrected chi connectivity index (χ4v) is 4.42. The summed E-state index contributed by atoms with van der Waals surface area (Å²) in [6, 6.07) is 17.0. The first-order valence-electron chi connectivity index (χ1n) is 8.37. The van der Waals surface area contributed by atoms with Crippen molar-refractivity contribution >= 4 is 38.1 Å². The Labute approximate surface area is 154 Å². The summed E-state index contributed by atoms with van der Waals surface area (Å²) in [4.78, 5) is 5.53. The van der Waals surface area contributed by atoms with Crippen LogP contribution in [0.1, 0.15) is 5.56 Å². The average Bonchev–Trinajstić information content (AvgIpc) is 3.29. The molecule has 0 spiro atoms. The van der Waals surface area contributed by atoms with E-state index in [0.29, 0.717) is 5.82 Å². The van der Waals surface area contributed by atoms with Gasteiger partial charge in [0.15, 0.2) is 0 Å². The predicted molar refractivity (Wildman–Crippen MR) is 109 cm³/mol. The van der Waals surface area contributed by atoms with Crippen LogP contribution in [0, 0.1) is 6.92 Å². The molecule has 5 aromatic rings. The topological polar surface area (TPSA) is 67.6 Å². The number of nitrogens with one attached hydrogen (secondary N) is 1. The molecule has 5 heteroatoms. The molecule has 126 valence electrons. The summed E-state index contributed by atoms with van der Waals surface area (Å²) < 4.78 is 1.28. The van der Waals surface area contributed by atoms with E-state index in [1.807, 2.05) is 13.1 Å². The van der Waals surface area contributed by atoms with E-state index in [1.165, 1.54) is 15.0 Å². The molecule has 2 aromatic carbocycles. The number of rotatable bonds is 2. The van der Waals surface area contributed by atoms with Gasteiger partial charge in [0.1, 0.15) is 5.82 Å². The highest BCUT2D eigenvalue weighted by atomic mass is 32.1. The molecule has 0 atom stereocenters. The second kappa shape index (κ2) is 5.68. The van der Waals surface area contributed by atoms with E-state index in [9.17, 15) is 0 Å². The Morgan fingerprint density at radius 2 is 1.85 bits per heavy atom. The smallest absolute Gasteiger partial charge is 0.131 e. The number of aromatic nitrogens is 3. The normalized spacial score (nSPS) is 11.4. The predicted octanol–water partition coefficient (Wildman–Crippen LogP) is 5.40. The van der Waals surface area contributed by atoms with Gasteiger partial charge in [-0.15, -0.1) is 11.3 Å². The van der Waals surface area contributed by atoms with Crippen LogP contribution >= 0.6 is 11.3 Å². The number of thiophene rings is 1. The summed E-state index contributed by atoms with van der Waals surface area (Å²) >= 11 is 1.79. The largest absolute Gasteiger partial charge is 0.383 e. The third kappa shape index (κ3) is 2.36. The van der Waals surface area contributed by atoms with Crippen molar-refractivity contribution in [2.45, 2.75) is 6.92 Å². The number of hydrogen-bond donors (Lipinski definition) is 2. The molecule has 5 rings (SSSR count). The first-order chi connectivity index (χ1) is 12.7. The van der Waals surface area contributed by atoms with Crippen LogP contribution in [0.5, 0.6) is 0 Å². The van der Waals surface area contributed by atoms with Crippen LogP contribution in [-0.4, -0.2) is 15.2 Å². The molecule has 3 heterocycles. The molecule has 0 saturated heterocycles.